The highest BCUT2D eigenvalue weighted by molar-refractivity contribution is 6.16. The smallest absolute Gasteiger partial charge is 0.331 e. The van der Waals surface area contributed by atoms with Crippen LogP contribution >= 0.6 is 0 Å². The number of ether oxygens (including phenoxy) is 1. The number of carboxylic acids is 1. The monoisotopic (exact) mass is 407 g/mol. The summed E-state index contributed by atoms with van der Waals surface area (Å²) in [7, 11) is 1.45. The van der Waals surface area contributed by atoms with Crippen molar-refractivity contribution >= 4 is 29.4 Å². The quantitative estimate of drug-likeness (QED) is 0.710. The van der Waals surface area contributed by atoms with Crippen molar-refractivity contribution in [2.45, 2.75) is 6.42 Å². The number of hydrogen-bond acceptors (Lipinski definition) is 5. The zero-order valence-electron chi connectivity index (χ0n) is 16.1. The third kappa shape index (κ3) is 4.59. The van der Waals surface area contributed by atoms with Gasteiger partial charge in [0.1, 0.15) is 5.82 Å². The Bertz CT molecular complexity index is 1050. The summed E-state index contributed by atoms with van der Waals surface area (Å²) < 4.78 is 18.3. The van der Waals surface area contributed by atoms with Gasteiger partial charge in [0.2, 0.25) is 0 Å². The number of halogens is 1. The van der Waals surface area contributed by atoms with Crippen LogP contribution in [0.3, 0.4) is 0 Å². The Balaban J connectivity index is 1.89. The molecule has 0 aromatic heterocycles. The highest BCUT2D eigenvalue weighted by atomic mass is 19.1. The maximum Gasteiger partial charge on any atom is 0.331 e. The average molecular weight is 407 g/mol. The van der Waals surface area contributed by atoms with Gasteiger partial charge in [-0.15, -0.1) is 0 Å². The molecule has 30 heavy (non-hydrogen) atoms. The van der Waals surface area contributed by atoms with E-state index in [0.29, 0.717) is 22.5 Å². The van der Waals surface area contributed by atoms with Gasteiger partial charge >= 0.3 is 5.97 Å². The van der Waals surface area contributed by atoms with Crippen molar-refractivity contribution in [2.75, 3.05) is 18.7 Å². The largest absolute Gasteiger partial charge is 0.478 e. The van der Waals surface area contributed by atoms with E-state index < -0.39 is 23.6 Å². The molecule has 0 saturated heterocycles. The molecular formula is C22H18FN3O4. The van der Waals surface area contributed by atoms with E-state index in [2.05, 4.69) is 5.10 Å². The molecule has 1 unspecified atom stereocenters. The first-order valence-electron chi connectivity index (χ1n) is 9.02. The normalized spacial score (nSPS) is 16.4. The van der Waals surface area contributed by atoms with Gasteiger partial charge < -0.3 is 9.84 Å². The molecule has 0 fully saturated rings. The molecule has 2 aromatic carbocycles. The first-order chi connectivity index (χ1) is 14.4. The highest BCUT2D eigenvalue weighted by Crippen LogP contribution is 2.29. The molecule has 1 atom stereocenters. The van der Waals surface area contributed by atoms with Gasteiger partial charge in [-0.05, 0) is 54.5 Å². The lowest BCUT2D eigenvalue weighted by molar-refractivity contribution is -0.132. The van der Waals surface area contributed by atoms with Gasteiger partial charge in [0, 0.05) is 12.7 Å². The fraction of sp³-hybridized carbons (Fsp3) is 0.182. The number of rotatable bonds is 7. The number of amides is 1. The number of aliphatic carboxylic acids is 1. The van der Waals surface area contributed by atoms with Crippen molar-refractivity contribution in [1.29, 1.82) is 5.26 Å². The van der Waals surface area contributed by atoms with Crippen LogP contribution in [0.5, 0.6) is 0 Å². The Hall–Kier alpha value is -3.83. The van der Waals surface area contributed by atoms with E-state index >= 15 is 0 Å². The minimum atomic E-state index is -1.16. The van der Waals surface area contributed by atoms with Crippen LogP contribution in [0, 0.1) is 23.1 Å². The summed E-state index contributed by atoms with van der Waals surface area (Å²) in [5.41, 5.74) is 1.84. The number of nitrogens with zero attached hydrogens (tertiary/aromatic N) is 3. The van der Waals surface area contributed by atoms with Crippen LogP contribution in [0.2, 0.25) is 0 Å². The molecule has 8 heteroatoms. The van der Waals surface area contributed by atoms with E-state index in [-0.39, 0.29) is 18.6 Å². The summed E-state index contributed by atoms with van der Waals surface area (Å²) in [4.78, 5) is 24.8. The highest BCUT2D eigenvalue weighted by Gasteiger charge is 2.37. The van der Waals surface area contributed by atoms with Crippen LogP contribution < -0.4 is 5.01 Å². The Morgan fingerprint density at radius 3 is 2.50 bits per heavy atom. The average Bonchev–Trinajstić information content (AvgIpc) is 3.04. The Kier molecular flexibility index (Phi) is 6.35. The molecule has 0 saturated carbocycles. The molecule has 1 N–H and O–H groups in total. The SMILES string of the molecule is COCC1=NN(c2ccc(F)cc2)C(=O)C1CC(=Cc1ccc(C#N)cc1)C(=O)O. The van der Waals surface area contributed by atoms with E-state index in [1.165, 1.54) is 37.5 Å². The summed E-state index contributed by atoms with van der Waals surface area (Å²) in [6.45, 7) is 0.0534. The topological polar surface area (TPSA) is 103 Å². The summed E-state index contributed by atoms with van der Waals surface area (Å²) in [6, 6.07) is 13.7. The fourth-order valence-electron chi connectivity index (χ4n) is 3.07. The van der Waals surface area contributed by atoms with Gasteiger partial charge in [-0.2, -0.15) is 10.4 Å². The van der Waals surface area contributed by atoms with Crippen LogP contribution in [0.15, 0.2) is 59.2 Å². The summed E-state index contributed by atoms with van der Waals surface area (Å²) in [5.74, 6) is -2.85. The summed E-state index contributed by atoms with van der Waals surface area (Å²) in [5, 5.41) is 24.0. The molecule has 0 bridgehead atoms. The molecular weight excluding hydrogens is 389 g/mol. The second-order valence-electron chi connectivity index (χ2n) is 6.62. The van der Waals surface area contributed by atoms with Crippen molar-refractivity contribution in [1.82, 2.24) is 0 Å². The zero-order chi connectivity index (χ0) is 21.7. The molecule has 0 spiro atoms. The number of carbonyl (C=O) groups excluding carboxylic acids is 1. The summed E-state index contributed by atoms with van der Waals surface area (Å²) in [6.07, 6.45) is 1.37. The van der Waals surface area contributed by atoms with E-state index in [4.69, 9.17) is 10.00 Å². The van der Waals surface area contributed by atoms with Gasteiger partial charge in [-0.1, -0.05) is 12.1 Å². The molecule has 152 valence electrons. The first-order valence-corrected chi connectivity index (χ1v) is 9.02. The lowest BCUT2D eigenvalue weighted by atomic mass is 9.93. The fourth-order valence-corrected chi connectivity index (χ4v) is 3.07. The summed E-state index contributed by atoms with van der Waals surface area (Å²) >= 11 is 0. The van der Waals surface area contributed by atoms with Gasteiger partial charge in [0.25, 0.3) is 5.91 Å². The number of anilines is 1. The maximum atomic E-state index is 13.2. The Labute approximate surface area is 172 Å². The Morgan fingerprint density at radius 1 is 1.27 bits per heavy atom. The molecule has 1 heterocycles. The van der Waals surface area contributed by atoms with Gasteiger partial charge in [0.15, 0.2) is 0 Å². The van der Waals surface area contributed by atoms with Gasteiger partial charge in [-0.3, -0.25) is 4.79 Å². The number of benzene rings is 2. The maximum absolute atomic E-state index is 13.2. The number of methoxy groups -OCH3 is 1. The Morgan fingerprint density at radius 2 is 1.93 bits per heavy atom. The molecule has 1 amide bonds. The van der Waals surface area contributed by atoms with Crippen molar-refractivity contribution < 1.29 is 23.8 Å². The predicted octanol–water partition coefficient (Wildman–Crippen LogP) is 3.22. The number of carboxylic acid groups (broad SMARTS) is 1. The predicted molar refractivity (Wildman–Crippen MR) is 108 cm³/mol. The second-order valence-corrected chi connectivity index (χ2v) is 6.62. The minimum absolute atomic E-state index is 0.0165. The van der Waals surface area contributed by atoms with Crippen LogP contribution in [0.1, 0.15) is 17.5 Å². The lowest BCUT2D eigenvalue weighted by Gasteiger charge is -2.15. The number of carbonyl (C=O) groups is 2. The van der Waals surface area contributed by atoms with Crippen LogP contribution in [0.4, 0.5) is 10.1 Å². The third-order valence-electron chi connectivity index (χ3n) is 4.58. The van der Waals surface area contributed by atoms with E-state index in [0.717, 1.165) is 5.01 Å². The van der Waals surface area contributed by atoms with E-state index in [1.807, 2.05) is 6.07 Å². The lowest BCUT2D eigenvalue weighted by Crippen LogP contribution is -2.29. The minimum Gasteiger partial charge on any atom is -0.478 e. The first kappa shape index (κ1) is 20.9. The van der Waals surface area contributed by atoms with Crippen molar-refractivity contribution in [2.24, 2.45) is 11.0 Å². The van der Waals surface area contributed by atoms with Gasteiger partial charge in [0.05, 0.1) is 35.6 Å². The molecule has 0 aliphatic carbocycles. The second kappa shape index (κ2) is 9.11. The molecule has 1 aliphatic heterocycles. The van der Waals surface area contributed by atoms with Crippen LogP contribution in [-0.2, 0) is 14.3 Å². The van der Waals surface area contributed by atoms with Crippen LogP contribution in [0.25, 0.3) is 6.08 Å². The van der Waals surface area contributed by atoms with Crippen LogP contribution in [-0.4, -0.2) is 36.4 Å². The van der Waals surface area contributed by atoms with Crippen molar-refractivity contribution in [3.63, 3.8) is 0 Å². The zero-order valence-corrected chi connectivity index (χ0v) is 16.1. The molecule has 0 radical (unpaired) electrons. The number of hydrazone groups is 1. The van der Waals surface area contributed by atoms with Crippen molar-refractivity contribution in [3.8, 4) is 6.07 Å². The molecule has 7 nitrogen and oxygen atoms in total. The molecule has 3 rings (SSSR count). The van der Waals surface area contributed by atoms with Gasteiger partial charge in [-0.25, -0.2) is 14.2 Å². The number of nitriles is 1. The molecule has 2 aromatic rings. The standard InChI is InChI=1S/C22H18FN3O4/c1-30-13-20-19(21(27)26(25-20)18-8-6-17(23)7-9-18)11-16(22(28)29)10-14-2-4-15(12-24)5-3-14/h2-10,19H,11,13H2,1H3,(H,28,29). The van der Waals surface area contributed by atoms with Crippen molar-refractivity contribution in [3.05, 3.63) is 71.0 Å². The number of hydrogen-bond donors (Lipinski definition) is 1. The van der Waals surface area contributed by atoms with E-state index in [1.54, 1.807) is 24.3 Å². The van der Waals surface area contributed by atoms with E-state index in [9.17, 15) is 19.1 Å². The molecule has 1 aliphatic rings. The third-order valence-corrected chi connectivity index (χ3v) is 4.58.